The molecule has 2 aromatic rings. The monoisotopic (exact) mass is 296 g/mol. The van der Waals surface area contributed by atoms with Crippen LogP contribution in [0, 0.1) is 10.1 Å². The van der Waals surface area contributed by atoms with Crippen molar-refractivity contribution in [3.63, 3.8) is 0 Å². The summed E-state index contributed by atoms with van der Waals surface area (Å²) in [4.78, 5) is 18.5. The SMILES string of the molecule is CCCc1nc(Cl)c([N+](=O)[O-])c(NCc2ccco2)n1. The minimum atomic E-state index is -0.595. The van der Waals surface area contributed by atoms with Gasteiger partial charge in [0.15, 0.2) is 0 Å². The van der Waals surface area contributed by atoms with Crippen molar-refractivity contribution in [1.82, 2.24) is 9.97 Å². The van der Waals surface area contributed by atoms with Gasteiger partial charge in [0.05, 0.1) is 17.7 Å². The second-order valence-corrected chi connectivity index (χ2v) is 4.43. The van der Waals surface area contributed by atoms with Crippen molar-refractivity contribution in [2.45, 2.75) is 26.3 Å². The van der Waals surface area contributed by atoms with E-state index in [0.717, 1.165) is 6.42 Å². The summed E-state index contributed by atoms with van der Waals surface area (Å²) in [7, 11) is 0. The summed E-state index contributed by atoms with van der Waals surface area (Å²) in [5.74, 6) is 1.23. The van der Waals surface area contributed by atoms with E-state index < -0.39 is 4.92 Å². The Hall–Kier alpha value is -2.15. The molecule has 0 unspecified atom stereocenters. The second-order valence-electron chi connectivity index (χ2n) is 4.07. The van der Waals surface area contributed by atoms with Crippen LogP contribution in [0.5, 0.6) is 0 Å². The molecule has 2 rings (SSSR count). The molecule has 0 amide bonds. The predicted molar refractivity (Wildman–Crippen MR) is 73.7 cm³/mol. The number of hydrogen-bond donors (Lipinski definition) is 1. The van der Waals surface area contributed by atoms with Gasteiger partial charge in [-0.1, -0.05) is 18.5 Å². The van der Waals surface area contributed by atoms with Crippen molar-refractivity contribution in [2.24, 2.45) is 0 Å². The van der Waals surface area contributed by atoms with Crippen molar-refractivity contribution in [1.29, 1.82) is 0 Å². The Bertz CT molecular complexity index is 601. The fraction of sp³-hybridized carbons (Fsp3) is 0.333. The highest BCUT2D eigenvalue weighted by Gasteiger charge is 2.23. The fourth-order valence-electron chi connectivity index (χ4n) is 1.68. The zero-order chi connectivity index (χ0) is 14.5. The lowest BCUT2D eigenvalue weighted by molar-refractivity contribution is -0.384. The van der Waals surface area contributed by atoms with E-state index in [1.807, 2.05) is 6.92 Å². The number of anilines is 1. The normalized spacial score (nSPS) is 10.5. The molecule has 0 aliphatic carbocycles. The van der Waals surface area contributed by atoms with Gasteiger partial charge in [0.2, 0.25) is 11.0 Å². The number of nitro groups is 1. The molecule has 1 N–H and O–H groups in total. The minimum absolute atomic E-state index is 0.106. The Morgan fingerprint density at radius 3 is 2.90 bits per heavy atom. The number of nitrogens with one attached hydrogen (secondary N) is 1. The number of nitrogens with zero attached hydrogens (tertiary/aromatic N) is 3. The highest BCUT2D eigenvalue weighted by molar-refractivity contribution is 6.31. The molecule has 0 aliphatic heterocycles. The molecule has 0 aliphatic rings. The molecule has 0 saturated carbocycles. The van der Waals surface area contributed by atoms with Crippen molar-refractivity contribution < 1.29 is 9.34 Å². The van der Waals surface area contributed by atoms with Gasteiger partial charge in [-0.05, 0) is 18.6 Å². The third kappa shape index (κ3) is 3.24. The molecule has 8 heteroatoms. The third-order valence-electron chi connectivity index (χ3n) is 2.55. The van der Waals surface area contributed by atoms with Gasteiger partial charge in [-0.15, -0.1) is 0 Å². The average Bonchev–Trinajstić information content (AvgIpc) is 2.88. The summed E-state index contributed by atoms with van der Waals surface area (Å²) in [5.41, 5.74) is -0.321. The number of aromatic nitrogens is 2. The van der Waals surface area contributed by atoms with Gasteiger partial charge in [0.25, 0.3) is 0 Å². The van der Waals surface area contributed by atoms with Crippen LogP contribution in [0.25, 0.3) is 0 Å². The molecule has 0 fully saturated rings. The van der Waals surface area contributed by atoms with Crippen LogP contribution in [0.1, 0.15) is 24.9 Å². The van der Waals surface area contributed by atoms with E-state index in [9.17, 15) is 10.1 Å². The van der Waals surface area contributed by atoms with Crippen LogP contribution in [-0.2, 0) is 13.0 Å². The maximum atomic E-state index is 11.1. The van der Waals surface area contributed by atoms with Crippen LogP contribution >= 0.6 is 11.6 Å². The molecule has 0 bridgehead atoms. The summed E-state index contributed by atoms with van der Waals surface area (Å²) in [5, 5.41) is 13.8. The molecular formula is C12H13ClN4O3. The number of furan rings is 1. The average molecular weight is 297 g/mol. The van der Waals surface area contributed by atoms with Gasteiger partial charge in [-0.3, -0.25) is 10.1 Å². The first kappa shape index (κ1) is 14.3. The van der Waals surface area contributed by atoms with Crippen LogP contribution < -0.4 is 5.32 Å². The predicted octanol–water partition coefficient (Wildman–Crippen LogP) is 3.20. The van der Waals surface area contributed by atoms with Crippen LogP contribution in [0.15, 0.2) is 22.8 Å². The van der Waals surface area contributed by atoms with Gasteiger partial charge in [0.1, 0.15) is 11.6 Å². The minimum Gasteiger partial charge on any atom is -0.467 e. The smallest absolute Gasteiger partial charge is 0.348 e. The van der Waals surface area contributed by atoms with E-state index in [2.05, 4.69) is 15.3 Å². The standard InChI is InChI=1S/C12H13ClN4O3/c1-2-4-9-15-11(13)10(17(18)19)12(16-9)14-7-8-5-3-6-20-8/h3,5-6H,2,4,7H2,1H3,(H,14,15,16). The molecule has 20 heavy (non-hydrogen) atoms. The van der Waals surface area contributed by atoms with Crippen LogP contribution in [0.2, 0.25) is 5.15 Å². The van der Waals surface area contributed by atoms with Gasteiger partial charge < -0.3 is 9.73 Å². The van der Waals surface area contributed by atoms with Crippen LogP contribution in [0.3, 0.4) is 0 Å². The van der Waals surface area contributed by atoms with E-state index in [1.54, 1.807) is 12.1 Å². The molecule has 0 aromatic carbocycles. The van der Waals surface area contributed by atoms with Gasteiger partial charge in [-0.25, -0.2) is 9.97 Å². The van der Waals surface area contributed by atoms with Crippen LogP contribution in [-0.4, -0.2) is 14.9 Å². The fourth-order valence-corrected chi connectivity index (χ4v) is 1.93. The first-order valence-electron chi connectivity index (χ1n) is 6.09. The van der Waals surface area contributed by atoms with E-state index >= 15 is 0 Å². The molecular weight excluding hydrogens is 284 g/mol. The summed E-state index contributed by atoms with van der Waals surface area (Å²) >= 11 is 5.87. The van der Waals surface area contributed by atoms with E-state index in [0.29, 0.717) is 18.0 Å². The van der Waals surface area contributed by atoms with Crippen molar-refractivity contribution >= 4 is 23.1 Å². The Morgan fingerprint density at radius 1 is 1.50 bits per heavy atom. The third-order valence-corrected chi connectivity index (χ3v) is 2.82. The zero-order valence-electron chi connectivity index (χ0n) is 10.8. The molecule has 2 aromatic heterocycles. The van der Waals surface area contributed by atoms with E-state index in [4.69, 9.17) is 16.0 Å². The summed E-state index contributed by atoms with van der Waals surface area (Å²) < 4.78 is 5.15. The van der Waals surface area contributed by atoms with Crippen molar-refractivity contribution in [2.75, 3.05) is 5.32 Å². The molecule has 2 heterocycles. The van der Waals surface area contributed by atoms with Gasteiger partial charge >= 0.3 is 5.69 Å². The lowest BCUT2D eigenvalue weighted by Gasteiger charge is -2.07. The summed E-state index contributed by atoms with van der Waals surface area (Å²) in [6.45, 7) is 2.25. The highest BCUT2D eigenvalue weighted by Crippen LogP contribution is 2.30. The Morgan fingerprint density at radius 2 is 2.30 bits per heavy atom. The molecule has 0 saturated heterocycles. The first-order chi connectivity index (χ1) is 9.61. The van der Waals surface area contributed by atoms with Gasteiger partial charge in [0, 0.05) is 6.42 Å². The Labute approximate surface area is 120 Å². The van der Waals surface area contributed by atoms with Crippen molar-refractivity contribution in [3.05, 3.63) is 45.2 Å². The Kier molecular flexibility index (Phi) is 4.52. The zero-order valence-corrected chi connectivity index (χ0v) is 11.6. The molecule has 7 nitrogen and oxygen atoms in total. The number of rotatable bonds is 6. The maximum Gasteiger partial charge on any atom is 0.348 e. The van der Waals surface area contributed by atoms with E-state index in [-0.39, 0.29) is 23.2 Å². The lowest BCUT2D eigenvalue weighted by atomic mass is 10.3. The number of hydrogen-bond acceptors (Lipinski definition) is 6. The molecule has 0 atom stereocenters. The quantitative estimate of drug-likeness (QED) is 0.500. The lowest BCUT2D eigenvalue weighted by Crippen LogP contribution is -2.08. The highest BCUT2D eigenvalue weighted by atomic mass is 35.5. The molecule has 106 valence electrons. The van der Waals surface area contributed by atoms with E-state index in [1.165, 1.54) is 6.26 Å². The second kappa shape index (κ2) is 6.33. The number of aryl methyl sites for hydroxylation is 1. The van der Waals surface area contributed by atoms with Crippen LogP contribution in [0.4, 0.5) is 11.5 Å². The largest absolute Gasteiger partial charge is 0.467 e. The summed E-state index contributed by atoms with van der Waals surface area (Å²) in [6.07, 6.45) is 2.96. The topological polar surface area (TPSA) is 94.1 Å². The summed E-state index contributed by atoms with van der Waals surface area (Å²) in [6, 6.07) is 3.50. The van der Waals surface area contributed by atoms with Crippen molar-refractivity contribution in [3.8, 4) is 0 Å². The Balaban J connectivity index is 2.29. The number of halogens is 1. The molecule has 0 spiro atoms. The molecule has 0 radical (unpaired) electrons. The first-order valence-corrected chi connectivity index (χ1v) is 6.46. The maximum absolute atomic E-state index is 11.1. The van der Waals surface area contributed by atoms with Gasteiger partial charge in [-0.2, -0.15) is 0 Å².